The Kier molecular flexibility index (Phi) is 5.04. The number of fused-ring (bicyclic) bond motifs is 1. The molecule has 2 heterocycles. The van der Waals surface area contributed by atoms with Gasteiger partial charge in [-0.15, -0.1) is 0 Å². The fourth-order valence-electron chi connectivity index (χ4n) is 2.43. The number of halogens is 1. The molecule has 0 spiro atoms. The molecule has 0 radical (unpaired) electrons. The van der Waals surface area contributed by atoms with Gasteiger partial charge in [-0.25, -0.2) is 4.79 Å². The first-order valence-electron chi connectivity index (χ1n) is 7.73. The van der Waals surface area contributed by atoms with Gasteiger partial charge in [0, 0.05) is 30.3 Å². The molecular formula is C17H16ClN3O4. The Morgan fingerprint density at radius 1 is 1.40 bits per heavy atom. The third-order valence-electron chi connectivity index (χ3n) is 3.50. The van der Waals surface area contributed by atoms with Crippen molar-refractivity contribution in [3.05, 3.63) is 57.7 Å². The van der Waals surface area contributed by atoms with Crippen molar-refractivity contribution in [1.29, 1.82) is 0 Å². The Morgan fingerprint density at radius 2 is 2.24 bits per heavy atom. The highest BCUT2D eigenvalue weighted by Crippen LogP contribution is 2.22. The number of hydrogen-bond donors (Lipinski definition) is 1. The summed E-state index contributed by atoms with van der Waals surface area (Å²) in [4.78, 5) is 24.2. The highest BCUT2D eigenvalue weighted by Gasteiger charge is 2.13. The van der Waals surface area contributed by atoms with Crippen molar-refractivity contribution >= 4 is 28.5 Å². The van der Waals surface area contributed by atoms with Gasteiger partial charge in [0.05, 0.1) is 29.9 Å². The summed E-state index contributed by atoms with van der Waals surface area (Å²) in [6.45, 7) is 3.16. The van der Waals surface area contributed by atoms with Crippen molar-refractivity contribution in [2.24, 2.45) is 0 Å². The van der Waals surface area contributed by atoms with E-state index in [4.69, 9.17) is 20.8 Å². The molecule has 1 N–H and O–H groups in total. The summed E-state index contributed by atoms with van der Waals surface area (Å²) in [7, 11) is 0. The Balaban J connectivity index is 1.79. The van der Waals surface area contributed by atoms with E-state index in [-0.39, 0.29) is 11.5 Å². The maximum atomic E-state index is 12.4. The van der Waals surface area contributed by atoms with Crippen molar-refractivity contribution in [3.63, 3.8) is 0 Å². The maximum absolute atomic E-state index is 12.4. The van der Waals surface area contributed by atoms with Gasteiger partial charge in [-0.05, 0) is 19.1 Å². The van der Waals surface area contributed by atoms with E-state index in [0.717, 1.165) is 0 Å². The van der Waals surface area contributed by atoms with Crippen LogP contribution in [0.1, 0.15) is 17.3 Å². The van der Waals surface area contributed by atoms with Crippen LogP contribution < -0.4 is 15.7 Å². The molecule has 7 nitrogen and oxygen atoms in total. The monoisotopic (exact) mass is 361 g/mol. The minimum absolute atomic E-state index is 0.257. The molecule has 3 rings (SSSR count). The van der Waals surface area contributed by atoms with Crippen LogP contribution in [0.4, 0.5) is 0 Å². The summed E-state index contributed by atoms with van der Waals surface area (Å²) in [6, 6.07) is 6.21. The lowest BCUT2D eigenvalue weighted by Crippen LogP contribution is -2.28. The van der Waals surface area contributed by atoms with E-state index in [1.165, 1.54) is 12.3 Å². The van der Waals surface area contributed by atoms with E-state index in [0.29, 0.717) is 41.4 Å². The zero-order valence-corrected chi connectivity index (χ0v) is 14.2. The van der Waals surface area contributed by atoms with Crippen LogP contribution in [0.3, 0.4) is 0 Å². The highest BCUT2D eigenvalue weighted by atomic mass is 35.5. The van der Waals surface area contributed by atoms with Gasteiger partial charge < -0.3 is 14.5 Å². The topological polar surface area (TPSA) is 86.4 Å². The standard InChI is InChI=1S/C17H16ClN3O4/c1-2-24-12-3-4-13-14(8-16(22)25-15(13)7-12)17(23)19-5-6-21-10-11(18)9-20-21/h3-4,7-10H,2,5-6H2,1H3,(H,19,23). The van der Waals surface area contributed by atoms with Gasteiger partial charge in [-0.3, -0.25) is 9.48 Å². The van der Waals surface area contributed by atoms with E-state index < -0.39 is 5.63 Å². The zero-order valence-electron chi connectivity index (χ0n) is 13.5. The van der Waals surface area contributed by atoms with Gasteiger partial charge >= 0.3 is 5.63 Å². The maximum Gasteiger partial charge on any atom is 0.337 e. The fraction of sp³-hybridized carbons (Fsp3) is 0.235. The van der Waals surface area contributed by atoms with Crippen molar-refractivity contribution in [1.82, 2.24) is 15.1 Å². The van der Waals surface area contributed by atoms with Crippen molar-refractivity contribution in [3.8, 4) is 5.75 Å². The fourth-order valence-corrected chi connectivity index (χ4v) is 2.58. The first-order valence-corrected chi connectivity index (χ1v) is 8.11. The van der Waals surface area contributed by atoms with E-state index >= 15 is 0 Å². The first-order chi connectivity index (χ1) is 12.1. The van der Waals surface area contributed by atoms with Crippen LogP contribution in [0.5, 0.6) is 5.75 Å². The van der Waals surface area contributed by atoms with Gasteiger partial charge in [0.25, 0.3) is 5.91 Å². The second-order valence-corrected chi connectivity index (χ2v) is 5.68. The number of carbonyl (C=O) groups excluding carboxylic acids is 1. The van der Waals surface area contributed by atoms with Crippen LogP contribution in [-0.2, 0) is 6.54 Å². The lowest BCUT2D eigenvalue weighted by atomic mass is 10.1. The first kappa shape index (κ1) is 17.0. The van der Waals surface area contributed by atoms with Gasteiger partial charge in [0.2, 0.25) is 0 Å². The van der Waals surface area contributed by atoms with E-state index in [2.05, 4.69) is 10.4 Å². The summed E-state index contributed by atoms with van der Waals surface area (Å²) in [5.41, 5.74) is -0.0274. The number of nitrogens with one attached hydrogen (secondary N) is 1. The summed E-state index contributed by atoms with van der Waals surface area (Å²) in [5.74, 6) is 0.214. The molecule has 0 aliphatic heterocycles. The number of ether oxygens (including phenoxy) is 1. The number of benzene rings is 1. The summed E-state index contributed by atoms with van der Waals surface area (Å²) in [6.07, 6.45) is 3.19. The molecule has 0 aliphatic carbocycles. The average Bonchev–Trinajstić information content (AvgIpc) is 2.99. The molecule has 0 fully saturated rings. The molecular weight excluding hydrogens is 346 g/mol. The van der Waals surface area contributed by atoms with Crippen molar-refractivity contribution in [2.45, 2.75) is 13.5 Å². The molecule has 2 aromatic heterocycles. The predicted octanol–water partition coefficient (Wildman–Crippen LogP) is 2.47. The van der Waals surface area contributed by atoms with Gasteiger partial charge in [-0.2, -0.15) is 5.10 Å². The molecule has 3 aromatic rings. The largest absolute Gasteiger partial charge is 0.494 e. The van der Waals surface area contributed by atoms with Crippen LogP contribution in [0, 0.1) is 0 Å². The number of rotatable bonds is 6. The normalized spacial score (nSPS) is 10.8. The molecule has 8 heteroatoms. The zero-order chi connectivity index (χ0) is 17.8. The third-order valence-corrected chi connectivity index (χ3v) is 3.69. The molecule has 130 valence electrons. The quantitative estimate of drug-likeness (QED) is 0.681. The Bertz CT molecular complexity index is 964. The SMILES string of the molecule is CCOc1ccc2c(C(=O)NCCn3cc(Cl)cn3)cc(=O)oc2c1. The third kappa shape index (κ3) is 4.00. The van der Waals surface area contributed by atoms with Crippen molar-refractivity contribution < 1.29 is 13.9 Å². The summed E-state index contributed by atoms with van der Waals surface area (Å²) in [5, 5.41) is 7.87. The van der Waals surface area contributed by atoms with Crippen LogP contribution in [0.2, 0.25) is 5.02 Å². The number of carbonyl (C=O) groups is 1. The molecule has 1 amide bonds. The number of nitrogens with zero attached hydrogens (tertiary/aromatic N) is 2. The molecule has 0 bridgehead atoms. The highest BCUT2D eigenvalue weighted by molar-refractivity contribution is 6.30. The second kappa shape index (κ2) is 7.40. The average molecular weight is 362 g/mol. The molecule has 25 heavy (non-hydrogen) atoms. The van der Waals surface area contributed by atoms with Crippen LogP contribution in [-0.4, -0.2) is 28.8 Å². The predicted molar refractivity (Wildman–Crippen MR) is 93.2 cm³/mol. The molecule has 0 atom stereocenters. The number of aromatic nitrogens is 2. The Labute approximate surface area is 148 Å². The number of amides is 1. The lowest BCUT2D eigenvalue weighted by molar-refractivity contribution is 0.0953. The minimum Gasteiger partial charge on any atom is -0.494 e. The Morgan fingerprint density at radius 3 is 2.96 bits per heavy atom. The minimum atomic E-state index is -0.592. The summed E-state index contributed by atoms with van der Waals surface area (Å²) < 4.78 is 12.2. The summed E-state index contributed by atoms with van der Waals surface area (Å²) >= 11 is 5.79. The molecule has 0 saturated carbocycles. The van der Waals surface area contributed by atoms with E-state index in [9.17, 15) is 9.59 Å². The van der Waals surface area contributed by atoms with Crippen LogP contribution >= 0.6 is 11.6 Å². The van der Waals surface area contributed by atoms with Crippen LogP contribution in [0.15, 0.2) is 45.9 Å². The van der Waals surface area contributed by atoms with Gasteiger partial charge in [-0.1, -0.05) is 11.6 Å². The second-order valence-electron chi connectivity index (χ2n) is 5.25. The Hall–Kier alpha value is -2.80. The van der Waals surface area contributed by atoms with Gasteiger partial charge in [0.15, 0.2) is 0 Å². The van der Waals surface area contributed by atoms with E-state index in [1.807, 2.05) is 6.92 Å². The molecule has 0 aliphatic rings. The van der Waals surface area contributed by atoms with E-state index in [1.54, 1.807) is 29.1 Å². The van der Waals surface area contributed by atoms with Gasteiger partial charge in [0.1, 0.15) is 11.3 Å². The van der Waals surface area contributed by atoms with Crippen LogP contribution in [0.25, 0.3) is 11.0 Å². The molecule has 0 saturated heterocycles. The molecule has 0 unspecified atom stereocenters. The smallest absolute Gasteiger partial charge is 0.337 e. The molecule has 1 aromatic carbocycles. The number of hydrogen-bond acceptors (Lipinski definition) is 5. The van der Waals surface area contributed by atoms with Crippen molar-refractivity contribution in [2.75, 3.05) is 13.2 Å². The lowest BCUT2D eigenvalue weighted by Gasteiger charge is -2.09.